The van der Waals surface area contributed by atoms with Crippen LogP contribution < -0.4 is 14.8 Å². The average Bonchev–Trinajstić information content (AvgIpc) is 3.25. The van der Waals surface area contributed by atoms with E-state index in [1.54, 1.807) is 0 Å². The van der Waals surface area contributed by atoms with Gasteiger partial charge < -0.3 is 19.7 Å². The van der Waals surface area contributed by atoms with Crippen LogP contribution in [0.15, 0.2) is 24.4 Å². The van der Waals surface area contributed by atoms with E-state index in [-0.39, 0.29) is 0 Å². The molecule has 1 aromatic heterocycles. The van der Waals surface area contributed by atoms with Gasteiger partial charge in [-0.25, -0.2) is 0 Å². The lowest BCUT2D eigenvalue weighted by atomic mass is 10.1. The van der Waals surface area contributed by atoms with E-state index in [1.165, 1.54) is 38.0 Å². The molecule has 0 bridgehead atoms. The molecule has 0 spiro atoms. The van der Waals surface area contributed by atoms with Crippen LogP contribution in [0.3, 0.4) is 0 Å². The third kappa shape index (κ3) is 4.67. The molecule has 4 rings (SSSR count). The Balaban J connectivity index is 1.40. The van der Waals surface area contributed by atoms with Crippen LogP contribution in [0.4, 0.5) is 0 Å². The molecule has 6 nitrogen and oxygen atoms in total. The largest absolute Gasteiger partial charge is 0.490 e. The van der Waals surface area contributed by atoms with Gasteiger partial charge in [-0.15, -0.1) is 0 Å². The van der Waals surface area contributed by atoms with Crippen molar-refractivity contribution >= 4 is 0 Å². The van der Waals surface area contributed by atoms with Gasteiger partial charge in [-0.05, 0) is 56.6 Å². The number of rotatable bonds is 7. The number of fused-ring (bicyclic) bond motifs is 1. The first-order chi connectivity index (χ1) is 13.7. The molecule has 1 unspecified atom stereocenters. The van der Waals surface area contributed by atoms with Crippen LogP contribution in [0, 0.1) is 5.92 Å². The Morgan fingerprint density at radius 3 is 2.71 bits per heavy atom. The fraction of sp³-hybridized carbons (Fsp3) is 0.591. The molecule has 6 heteroatoms. The van der Waals surface area contributed by atoms with Gasteiger partial charge in [-0.2, -0.15) is 5.10 Å². The standard InChI is InChI=1S/C22H32N4O2/c1-17(15-26-8-3-4-9-26)13-23-14-19-16-25(2)24-22(19)18-6-7-20-21(12-18)28-11-5-10-27-20/h6-7,12,16-17,23H,3-5,8-11,13-15H2,1-2H3. The third-order valence-corrected chi connectivity index (χ3v) is 5.50. The van der Waals surface area contributed by atoms with Crippen molar-refractivity contribution in [3.8, 4) is 22.8 Å². The smallest absolute Gasteiger partial charge is 0.161 e. The van der Waals surface area contributed by atoms with Crippen LogP contribution in [0.25, 0.3) is 11.3 Å². The molecular weight excluding hydrogens is 352 g/mol. The highest BCUT2D eigenvalue weighted by atomic mass is 16.5. The van der Waals surface area contributed by atoms with Crippen molar-refractivity contribution in [2.45, 2.75) is 32.7 Å². The molecular formula is C22H32N4O2. The van der Waals surface area contributed by atoms with Crippen molar-refractivity contribution < 1.29 is 9.47 Å². The first-order valence-corrected chi connectivity index (χ1v) is 10.5. The fourth-order valence-electron chi connectivity index (χ4n) is 4.14. The number of hydrogen-bond donors (Lipinski definition) is 1. The monoisotopic (exact) mass is 384 g/mol. The summed E-state index contributed by atoms with van der Waals surface area (Å²) < 4.78 is 13.5. The Morgan fingerprint density at radius 2 is 1.89 bits per heavy atom. The minimum Gasteiger partial charge on any atom is -0.490 e. The van der Waals surface area contributed by atoms with Crippen LogP contribution >= 0.6 is 0 Å². The van der Waals surface area contributed by atoms with Crippen molar-refractivity contribution in [3.63, 3.8) is 0 Å². The fourth-order valence-corrected chi connectivity index (χ4v) is 4.14. The van der Waals surface area contributed by atoms with E-state index in [1.807, 2.05) is 17.8 Å². The Labute approximate surface area is 167 Å². The molecule has 0 aliphatic carbocycles. The first kappa shape index (κ1) is 19.3. The predicted molar refractivity (Wildman–Crippen MR) is 111 cm³/mol. The molecule has 2 aliphatic rings. The molecule has 1 atom stereocenters. The summed E-state index contributed by atoms with van der Waals surface area (Å²) in [6.45, 7) is 9.30. The minimum absolute atomic E-state index is 0.649. The summed E-state index contributed by atoms with van der Waals surface area (Å²) in [5, 5.41) is 8.34. The molecule has 0 saturated carbocycles. The van der Waals surface area contributed by atoms with Gasteiger partial charge >= 0.3 is 0 Å². The molecule has 2 aromatic rings. The highest BCUT2D eigenvalue weighted by Crippen LogP contribution is 2.34. The molecule has 0 radical (unpaired) electrons. The van der Waals surface area contributed by atoms with Crippen LogP contribution in [0.5, 0.6) is 11.5 Å². The van der Waals surface area contributed by atoms with Gasteiger partial charge in [-0.1, -0.05) is 6.92 Å². The normalized spacial score (nSPS) is 18.2. The lowest BCUT2D eigenvalue weighted by molar-refractivity contribution is 0.282. The Kier molecular flexibility index (Phi) is 6.17. The van der Waals surface area contributed by atoms with Gasteiger partial charge in [-0.3, -0.25) is 4.68 Å². The van der Waals surface area contributed by atoms with Crippen molar-refractivity contribution in [2.75, 3.05) is 39.4 Å². The van der Waals surface area contributed by atoms with Crippen LogP contribution in [-0.2, 0) is 13.6 Å². The van der Waals surface area contributed by atoms with Crippen LogP contribution in [0.2, 0.25) is 0 Å². The van der Waals surface area contributed by atoms with E-state index >= 15 is 0 Å². The number of hydrogen-bond acceptors (Lipinski definition) is 5. The van der Waals surface area contributed by atoms with E-state index in [0.717, 1.165) is 42.3 Å². The summed E-state index contributed by atoms with van der Waals surface area (Å²) in [5.74, 6) is 2.29. The number of ether oxygens (including phenoxy) is 2. The second-order valence-electron chi connectivity index (χ2n) is 8.13. The first-order valence-electron chi connectivity index (χ1n) is 10.5. The number of benzene rings is 1. The van der Waals surface area contributed by atoms with Crippen LogP contribution in [-0.4, -0.2) is 54.1 Å². The summed E-state index contributed by atoms with van der Waals surface area (Å²) in [4.78, 5) is 2.58. The third-order valence-electron chi connectivity index (χ3n) is 5.50. The maximum Gasteiger partial charge on any atom is 0.161 e. The zero-order chi connectivity index (χ0) is 19.3. The van der Waals surface area contributed by atoms with Gasteiger partial charge in [0.2, 0.25) is 0 Å². The van der Waals surface area contributed by atoms with Gasteiger partial charge in [0.25, 0.3) is 0 Å². The maximum absolute atomic E-state index is 5.85. The van der Waals surface area contributed by atoms with E-state index in [0.29, 0.717) is 19.1 Å². The molecule has 28 heavy (non-hydrogen) atoms. The SMILES string of the molecule is CC(CNCc1cn(C)nc1-c1ccc2c(c1)OCCCO2)CN1CCCC1. The Bertz CT molecular complexity index is 783. The number of likely N-dealkylation sites (tertiary alicyclic amines) is 1. The zero-order valence-corrected chi connectivity index (χ0v) is 17.1. The average molecular weight is 385 g/mol. The molecule has 1 fully saturated rings. The van der Waals surface area contributed by atoms with E-state index in [2.05, 4.69) is 35.5 Å². The molecule has 0 amide bonds. The van der Waals surface area contributed by atoms with Gasteiger partial charge in [0.15, 0.2) is 11.5 Å². The van der Waals surface area contributed by atoms with E-state index in [9.17, 15) is 0 Å². The molecule has 1 saturated heterocycles. The van der Waals surface area contributed by atoms with Gasteiger partial charge in [0.1, 0.15) is 0 Å². The molecule has 1 N–H and O–H groups in total. The summed E-state index contributed by atoms with van der Waals surface area (Å²) in [5.41, 5.74) is 3.30. The summed E-state index contributed by atoms with van der Waals surface area (Å²) in [7, 11) is 1.98. The molecule has 3 heterocycles. The number of nitrogens with one attached hydrogen (secondary N) is 1. The minimum atomic E-state index is 0.649. The Morgan fingerprint density at radius 1 is 1.11 bits per heavy atom. The van der Waals surface area contributed by atoms with Crippen LogP contribution in [0.1, 0.15) is 31.7 Å². The highest BCUT2D eigenvalue weighted by molar-refractivity contribution is 5.66. The highest BCUT2D eigenvalue weighted by Gasteiger charge is 2.17. The second-order valence-corrected chi connectivity index (χ2v) is 8.13. The second kappa shape index (κ2) is 8.97. The maximum atomic E-state index is 5.85. The quantitative estimate of drug-likeness (QED) is 0.795. The van der Waals surface area contributed by atoms with Gasteiger partial charge in [0.05, 0.1) is 18.9 Å². The van der Waals surface area contributed by atoms with Gasteiger partial charge in [0, 0.05) is 43.9 Å². The summed E-state index contributed by atoms with van der Waals surface area (Å²) >= 11 is 0. The van der Waals surface area contributed by atoms with Crippen molar-refractivity contribution in [2.24, 2.45) is 13.0 Å². The predicted octanol–water partition coefficient (Wildman–Crippen LogP) is 3.07. The van der Waals surface area contributed by atoms with Crippen molar-refractivity contribution in [1.29, 1.82) is 0 Å². The van der Waals surface area contributed by atoms with Crippen molar-refractivity contribution in [3.05, 3.63) is 30.0 Å². The number of nitrogens with zero attached hydrogens (tertiary/aromatic N) is 3. The lowest BCUT2D eigenvalue weighted by Crippen LogP contribution is -2.31. The topological polar surface area (TPSA) is 51.6 Å². The Hall–Kier alpha value is -2.05. The van der Waals surface area contributed by atoms with E-state index in [4.69, 9.17) is 14.6 Å². The lowest BCUT2D eigenvalue weighted by Gasteiger charge is -2.20. The molecule has 2 aliphatic heterocycles. The number of aryl methyl sites for hydroxylation is 1. The number of aromatic nitrogens is 2. The summed E-state index contributed by atoms with van der Waals surface area (Å²) in [6.07, 6.45) is 5.73. The zero-order valence-electron chi connectivity index (χ0n) is 17.1. The summed E-state index contributed by atoms with van der Waals surface area (Å²) in [6, 6.07) is 6.14. The molecule has 1 aromatic carbocycles. The van der Waals surface area contributed by atoms with Crippen molar-refractivity contribution in [1.82, 2.24) is 20.0 Å². The molecule has 152 valence electrons. The van der Waals surface area contributed by atoms with E-state index < -0.39 is 0 Å².